The first kappa shape index (κ1) is 17.5. The molecule has 0 fully saturated rings. The Bertz CT molecular complexity index is 966. The number of benzene rings is 1. The van der Waals surface area contributed by atoms with Gasteiger partial charge in [-0.05, 0) is 17.5 Å². The molecule has 0 saturated heterocycles. The number of aromatic nitrogens is 4. The van der Waals surface area contributed by atoms with Gasteiger partial charge in [-0.2, -0.15) is 0 Å². The van der Waals surface area contributed by atoms with Gasteiger partial charge >= 0.3 is 0 Å². The Morgan fingerprint density at radius 2 is 1.85 bits per heavy atom. The number of H-pyrrole nitrogens is 1. The largest absolute Gasteiger partial charge is 0.306 e. The Kier molecular flexibility index (Phi) is 5.07. The third kappa shape index (κ3) is 3.95. The second-order valence-corrected chi connectivity index (χ2v) is 6.99. The quantitative estimate of drug-likeness (QED) is 0.756. The summed E-state index contributed by atoms with van der Waals surface area (Å²) < 4.78 is 0. The summed E-state index contributed by atoms with van der Waals surface area (Å²) in [5, 5.41) is 0. The minimum Gasteiger partial charge on any atom is -0.306 e. The molecule has 0 aliphatic carbocycles. The van der Waals surface area contributed by atoms with Gasteiger partial charge in [-0.25, -0.2) is 15.0 Å². The van der Waals surface area contributed by atoms with Gasteiger partial charge in [0, 0.05) is 38.4 Å². The second kappa shape index (κ2) is 7.80. The van der Waals surface area contributed by atoms with Crippen LogP contribution in [0.15, 0.2) is 47.8 Å². The zero-order chi connectivity index (χ0) is 18.6. The van der Waals surface area contributed by atoms with Crippen molar-refractivity contribution in [2.24, 2.45) is 0 Å². The summed E-state index contributed by atoms with van der Waals surface area (Å²) in [6, 6.07) is 8.81. The lowest BCUT2D eigenvalue weighted by Crippen LogP contribution is -2.35. The summed E-state index contributed by atoms with van der Waals surface area (Å²) in [5.41, 5.74) is 4.97. The maximum absolute atomic E-state index is 12.6. The molecule has 3 heterocycles. The molecule has 0 radical (unpaired) electrons. The SMILES string of the molecule is CCCc1ccc(CN2CCc3nc(-c4cncnc4)[nH]c(=O)c3C2)cc1. The third-order valence-corrected chi connectivity index (χ3v) is 4.95. The zero-order valence-corrected chi connectivity index (χ0v) is 15.5. The average Bonchev–Trinajstić information content (AvgIpc) is 2.71. The first-order valence-corrected chi connectivity index (χ1v) is 9.40. The van der Waals surface area contributed by atoms with Crippen molar-refractivity contribution in [3.63, 3.8) is 0 Å². The molecule has 0 bridgehead atoms. The van der Waals surface area contributed by atoms with Crippen molar-refractivity contribution < 1.29 is 0 Å². The van der Waals surface area contributed by atoms with Crippen LogP contribution in [0, 0.1) is 0 Å². The van der Waals surface area contributed by atoms with Crippen molar-refractivity contribution in [2.45, 2.75) is 39.3 Å². The second-order valence-electron chi connectivity index (χ2n) is 6.99. The highest BCUT2D eigenvalue weighted by Crippen LogP contribution is 2.19. The van der Waals surface area contributed by atoms with E-state index in [9.17, 15) is 4.79 Å². The van der Waals surface area contributed by atoms with E-state index in [4.69, 9.17) is 0 Å². The van der Waals surface area contributed by atoms with Gasteiger partial charge in [0.1, 0.15) is 12.2 Å². The highest BCUT2D eigenvalue weighted by Gasteiger charge is 2.21. The minimum atomic E-state index is -0.0677. The Labute approximate surface area is 158 Å². The van der Waals surface area contributed by atoms with Gasteiger partial charge in [0.05, 0.1) is 16.8 Å². The van der Waals surface area contributed by atoms with E-state index in [0.29, 0.717) is 12.4 Å². The van der Waals surface area contributed by atoms with Crippen molar-refractivity contribution >= 4 is 0 Å². The zero-order valence-electron chi connectivity index (χ0n) is 15.5. The summed E-state index contributed by atoms with van der Waals surface area (Å²) >= 11 is 0. The van der Waals surface area contributed by atoms with Gasteiger partial charge in [-0.1, -0.05) is 37.6 Å². The van der Waals surface area contributed by atoms with E-state index >= 15 is 0 Å². The van der Waals surface area contributed by atoms with Crippen LogP contribution in [0.5, 0.6) is 0 Å². The summed E-state index contributed by atoms with van der Waals surface area (Å²) in [7, 11) is 0. The van der Waals surface area contributed by atoms with Gasteiger partial charge < -0.3 is 4.98 Å². The van der Waals surface area contributed by atoms with Crippen LogP contribution in [0.3, 0.4) is 0 Å². The molecule has 6 heteroatoms. The van der Waals surface area contributed by atoms with Gasteiger partial charge in [-0.15, -0.1) is 0 Å². The predicted octanol–water partition coefficient (Wildman–Crippen LogP) is 2.74. The molecule has 4 rings (SSSR count). The fraction of sp³-hybridized carbons (Fsp3) is 0.333. The van der Waals surface area contributed by atoms with Crippen molar-refractivity contribution in [3.8, 4) is 11.4 Å². The molecule has 2 aromatic heterocycles. The molecule has 1 aliphatic rings. The van der Waals surface area contributed by atoms with Crippen LogP contribution in [0.1, 0.15) is 35.7 Å². The van der Waals surface area contributed by atoms with Gasteiger partial charge in [0.2, 0.25) is 0 Å². The van der Waals surface area contributed by atoms with Gasteiger partial charge in [0.15, 0.2) is 0 Å². The minimum absolute atomic E-state index is 0.0677. The first-order chi connectivity index (χ1) is 13.2. The number of fused-ring (bicyclic) bond motifs is 1. The van der Waals surface area contributed by atoms with E-state index in [-0.39, 0.29) is 5.56 Å². The molecule has 0 spiro atoms. The van der Waals surface area contributed by atoms with Crippen molar-refractivity contribution in [3.05, 3.63) is 75.7 Å². The molecule has 0 saturated carbocycles. The lowest BCUT2D eigenvalue weighted by Gasteiger charge is -2.27. The number of aryl methyl sites for hydroxylation is 1. The fourth-order valence-corrected chi connectivity index (χ4v) is 3.53. The van der Waals surface area contributed by atoms with E-state index in [1.54, 1.807) is 12.4 Å². The van der Waals surface area contributed by atoms with Crippen LogP contribution in [-0.2, 0) is 25.9 Å². The summed E-state index contributed by atoms with van der Waals surface area (Å²) in [6.07, 6.45) is 7.84. The van der Waals surface area contributed by atoms with Crippen LogP contribution in [0.4, 0.5) is 0 Å². The maximum Gasteiger partial charge on any atom is 0.255 e. The molecule has 0 amide bonds. The number of hydrogen-bond acceptors (Lipinski definition) is 5. The van der Waals surface area contributed by atoms with Gasteiger partial charge in [0.25, 0.3) is 5.56 Å². The third-order valence-electron chi connectivity index (χ3n) is 4.95. The molecule has 27 heavy (non-hydrogen) atoms. The number of aromatic amines is 1. The molecule has 1 aromatic carbocycles. The Hall–Kier alpha value is -2.86. The number of rotatable bonds is 5. The molecule has 0 unspecified atom stereocenters. The smallest absolute Gasteiger partial charge is 0.255 e. The number of nitrogens with one attached hydrogen (secondary N) is 1. The lowest BCUT2D eigenvalue weighted by atomic mass is 10.0. The van der Waals surface area contributed by atoms with E-state index < -0.39 is 0 Å². The van der Waals surface area contributed by atoms with Crippen molar-refractivity contribution in [2.75, 3.05) is 6.54 Å². The van der Waals surface area contributed by atoms with Crippen LogP contribution < -0.4 is 5.56 Å². The molecule has 1 aliphatic heterocycles. The Morgan fingerprint density at radius 3 is 2.59 bits per heavy atom. The molecule has 1 N–H and O–H groups in total. The Balaban J connectivity index is 1.51. The average molecular weight is 361 g/mol. The lowest BCUT2D eigenvalue weighted by molar-refractivity contribution is 0.242. The fourth-order valence-electron chi connectivity index (χ4n) is 3.53. The van der Waals surface area contributed by atoms with Crippen molar-refractivity contribution in [1.82, 2.24) is 24.8 Å². The molecular weight excluding hydrogens is 338 g/mol. The number of hydrogen-bond donors (Lipinski definition) is 1. The summed E-state index contributed by atoms with van der Waals surface area (Å²) in [4.78, 5) is 30.5. The van der Waals surface area contributed by atoms with Crippen molar-refractivity contribution in [1.29, 1.82) is 0 Å². The van der Waals surface area contributed by atoms with Crippen LogP contribution in [0.25, 0.3) is 11.4 Å². The number of nitrogens with zero attached hydrogens (tertiary/aromatic N) is 4. The van der Waals surface area contributed by atoms with E-state index in [2.05, 4.69) is 56.0 Å². The standard InChI is InChI=1S/C21H23N5O/c1-2-3-15-4-6-16(7-5-15)12-26-9-8-19-18(13-26)21(27)25-20(24-19)17-10-22-14-23-11-17/h4-7,10-11,14H,2-3,8-9,12-13H2,1H3,(H,24,25,27). The maximum atomic E-state index is 12.6. The van der Waals surface area contributed by atoms with Crippen LogP contribution >= 0.6 is 0 Å². The van der Waals surface area contributed by atoms with Crippen LogP contribution in [-0.4, -0.2) is 31.4 Å². The Morgan fingerprint density at radius 1 is 1.11 bits per heavy atom. The van der Waals surface area contributed by atoms with E-state index in [1.165, 1.54) is 17.5 Å². The predicted molar refractivity (Wildman–Crippen MR) is 104 cm³/mol. The molecule has 0 atom stereocenters. The van der Waals surface area contributed by atoms with Crippen LogP contribution in [0.2, 0.25) is 0 Å². The summed E-state index contributed by atoms with van der Waals surface area (Å²) in [5.74, 6) is 0.541. The first-order valence-electron chi connectivity index (χ1n) is 9.40. The highest BCUT2D eigenvalue weighted by molar-refractivity contribution is 5.52. The summed E-state index contributed by atoms with van der Waals surface area (Å²) in [6.45, 7) is 4.56. The molecule has 6 nitrogen and oxygen atoms in total. The molecular formula is C21H23N5O. The topological polar surface area (TPSA) is 74.8 Å². The van der Waals surface area contributed by atoms with E-state index in [1.807, 2.05) is 0 Å². The normalized spacial score (nSPS) is 14.1. The van der Waals surface area contributed by atoms with Gasteiger partial charge in [-0.3, -0.25) is 9.69 Å². The molecule has 138 valence electrons. The molecule has 3 aromatic rings. The monoisotopic (exact) mass is 361 g/mol. The highest BCUT2D eigenvalue weighted by atomic mass is 16.1. The van der Waals surface area contributed by atoms with E-state index in [0.717, 1.165) is 49.2 Å².